The highest BCUT2D eigenvalue weighted by molar-refractivity contribution is 5.74. The van der Waals surface area contributed by atoms with Crippen LogP contribution in [-0.4, -0.2) is 5.97 Å². The second-order valence-electron chi connectivity index (χ2n) is 5.43. The fourth-order valence-electron chi connectivity index (χ4n) is 3.28. The SMILES string of the molecule is CC1C2C=CC(C2)C1C(=O)OCc1ccccc1. The van der Waals surface area contributed by atoms with Gasteiger partial charge in [-0.15, -0.1) is 0 Å². The molecule has 0 saturated heterocycles. The Bertz CT molecular complexity index is 463. The van der Waals surface area contributed by atoms with E-state index in [0.29, 0.717) is 24.4 Å². The van der Waals surface area contributed by atoms with Crippen LogP contribution in [0.5, 0.6) is 0 Å². The Morgan fingerprint density at radius 1 is 1.22 bits per heavy atom. The molecule has 1 saturated carbocycles. The van der Waals surface area contributed by atoms with Gasteiger partial charge in [-0.2, -0.15) is 0 Å². The van der Waals surface area contributed by atoms with Crippen LogP contribution < -0.4 is 0 Å². The topological polar surface area (TPSA) is 26.3 Å². The second-order valence-corrected chi connectivity index (χ2v) is 5.43. The summed E-state index contributed by atoms with van der Waals surface area (Å²) in [6, 6.07) is 9.86. The van der Waals surface area contributed by atoms with E-state index in [1.807, 2.05) is 30.3 Å². The van der Waals surface area contributed by atoms with Crippen LogP contribution in [0, 0.1) is 23.7 Å². The van der Waals surface area contributed by atoms with Crippen molar-refractivity contribution < 1.29 is 9.53 Å². The lowest BCUT2D eigenvalue weighted by atomic mass is 9.84. The molecule has 0 radical (unpaired) electrons. The quantitative estimate of drug-likeness (QED) is 0.601. The van der Waals surface area contributed by atoms with E-state index in [-0.39, 0.29) is 11.9 Å². The maximum atomic E-state index is 12.2. The van der Waals surface area contributed by atoms with Gasteiger partial charge in [0.15, 0.2) is 0 Å². The van der Waals surface area contributed by atoms with Gasteiger partial charge in [0.2, 0.25) is 0 Å². The van der Waals surface area contributed by atoms with E-state index in [0.717, 1.165) is 12.0 Å². The Hall–Kier alpha value is -1.57. The standard InChI is InChI=1S/C16H18O2/c1-11-13-7-8-14(9-13)15(11)16(17)18-10-12-5-3-2-4-6-12/h2-8,11,13-15H,9-10H2,1H3. The number of hydrogen-bond donors (Lipinski definition) is 0. The van der Waals surface area contributed by atoms with Crippen molar-refractivity contribution in [3.63, 3.8) is 0 Å². The molecule has 0 spiro atoms. The van der Waals surface area contributed by atoms with Gasteiger partial charge in [-0.25, -0.2) is 0 Å². The summed E-state index contributed by atoms with van der Waals surface area (Å²) in [7, 11) is 0. The molecule has 1 aromatic carbocycles. The highest BCUT2D eigenvalue weighted by Gasteiger charge is 2.46. The number of carbonyl (C=O) groups is 1. The zero-order chi connectivity index (χ0) is 12.5. The fourth-order valence-corrected chi connectivity index (χ4v) is 3.28. The van der Waals surface area contributed by atoms with Crippen LogP contribution >= 0.6 is 0 Å². The number of fused-ring (bicyclic) bond motifs is 2. The van der Waals surface area contributed by atoms with Gasteiger partial charge in [0, 0.05) is 0 Å². The summed E-state index contributed by atoms with van der Waals surface area (Å²) in [5.74, 6) is 1.48. The summed E-state index contributed by atoms with van der Waals surface area (Å²) < 4.78 is 5.46. The average Bonchev–Trinajstić information content (AvgIpc) is 2.98. The summed E-state index contributed by atoms with van der Waals surface area (Å²) >= 11 is 0. The monoisotopic (exact) mass is 242 g/mol. The Labute approximate surface area is 108 Å². The highest BCUT2D eigenvalue weighted by atomic mass is 16.5. The van der Waals surface area contributed by atoms with Gasteiger partial charge in [-0.3, -0.25) is 4.79 Å². The largest absolute Gasteiger partial charge is 0.461 e. The van der Waals surface area contributed by atoms with Crippen LogP contribution in [-0.2, 0) is 16.1 Å². The van der Waals surface area contributed by atoms with Crippen molar-refractivity contribution in [2.75, 3.05) is 0 Å². The Morgan fingerprint density at radius 3 is 2.61 bits per heavy atom. The van der Waals surface area contributed by atoms with Gasteiger partial charge in [-0.1, -0.05) is 49.4 Å². The number of ether oxygens (including phenoxy) is 1. The molecule has 94 valence electrons. The molecule has 4 unspecified atom stereocenters. The van der Waals surface area contributed by atoms with Crippen molar-refractivity contribution in [2.45, 2.75) is 20.0 Å². The van der Waals surface area contributed by atoms with E-state index in [1.54, 1.807) is 0 Å². The minimum Gasteiger partial charge on any atom is -0.461 e. The Morgan fingerprint density at radius 2 is 1.94 bits per heavy atom. The lowest BCUT2D eigenvalue weighted by Crippen LogP contribution is -2.27. The van der Waals surface area contributed by atoms with Gasteiger partial charge < -0.3 is 4.74 Å². The zero-order valence-corrected chi connectivity index (χ0v) is 10.6. The average molecular weight is 242 g/mol. The predicted molar refractivity (Wildman–Crippen MR) is 69.6 cm³/mol. The minimum atomic E-state index is -0.0248. The van der Waals surface area contributed by atoms with Crippen LogP contribution in [0.3, 0.4) is 0 Å². The molecule has 1 aromatic rings. The Balaban J connectivity index is 1.61. The third-order valence-corrected chi connectivity index (χ3v) is 4.35. The third kappa shape index (κ3) is 1.96. The molecule has 4 atom stereocenters. The fraction of sp³-hybridized carbons (Fsp3) is 0.438. The number of allylic oxidation sites excluding steroid dienone is 2. The first-order chi connectivity index (χ1) is 8.75. The lowest BCUT2D eigenvalue weighted by molar-refractivity contribution is -0.152. The maximum absolute atomic E-state index is 12.2. The molecule has 2 aliphatic carbocycles. The summed E-state index contributed by atoms with van der Waals surface area (Å²) in [6.07, 6.45) is 5.59. The summed E-state index contributed by atoms with van der Waals surface area (Å²) in [6.45, 7) is 2.56. The van der Waals surface area contributed by atoms with Crippen molar-refractivity contribution in [1.82, 2.24) is 0 Å². The number of benzene rings is 1. The Kier molecular flexibility index (Phi) is 2.94. The molecule has 1 fully saturated rings. The summed E-state index contributed by atoms with van der Waals surface area (Å²) in [5.41, 5.74) is 1.05. The predicted octanol–water partition coefficient (Wildman–Crippen LogP) is 3.19. The minimum absolute atomic E-state index is 0.0248. The molecule has 3 rings (SSSR count). The van der Waals surface area contributed by atoms with Crippen LogP contribution in [0.2, 0.25) is 0 Å². The molecule has 0 amide bonds. The van der Waals surface area contributed by atoms with Crippen molar-refractivity contribution in [1.29, 1.82) is 0 Å². The molecule has 0 N–H and O–H groups in total. The van der Waals surface area contributed by atoms with Crippen LogP contribution in [0.4, 0.5) is 0 Å². The van der Waals surface area contributed by atoms with E-state index in [1.165, 1.54) is 0 Å². The number of rotatable bonds is 3. The van der Waals surface area contributed by atoms with Gasteiger partial charge in [0.05, 0.1) is 5.92 Å². The number of hydrogen-bond acceptors (Lipinski definition) is 2. The van der Waals surface area contributed by atoms with Crippen molar-refractivity contribution in [2.24, 2.45) is 23.7 Å². The van der Waals surface area contributed by atoms with E-state index in [9.17, 15) is 4.79 Å². The smallest absolute Gasteiger partial charge is 0.310 e. The van der Waals surface area contributed by atoms with Gasteiger partial charge in [0.25, 0.3) is 0 Å². The molecule has 2 bridgehead atoms. The van der Waals surface area contributed by atoms with E-state index < -0.39 is 0 Å². The van der Waals surface area contributed by atoms with Crippen LogP contribution in [0.15, 0.2) is 42.5 Å². The zero-order valence-electron chi connectivity index (χ0n) is 10.6. The normalized spacial score (nSPS) is 32.7. The van der Waals surface area contributed by atoms with Gasteiger partial charge in [0.1, 0.15) is 6.61 Å². The maximum Gasteiger partial charge on any atom is 0.310 e. The van der Waals surface area contributed by atoms with Crippen molar-refractivity contribution in [3.8, 4) is 0 Å². The molecular weight excluding hydrogens is 224 g/mol. The highest BCUT2D eigenvalue weighted by Crippen LogP contribution is 2.48. The third-order valence-electron chi connectivity index (χ3n) is 4.35. The number of esters is 1. The van der Waals surface area contributed by atoms with E-state index in [4.69, 9.17) is 4.74 Å². The summed E-state index contributed by atoms with van der Waals surface area (Å²) in [4.78, 5) is 12.2. The molecule has 0 aromatic heterocycles. The summed E-state index contributed by atoms with van der Waals surface area (Å²) in [5, 5.41) is 0. The molecule has 2 heteroatoms. The molecular formula is C16H18O2. The second kappa shape index (κ2) is 4.60. The molecule has 2 aliphatic rings. The first kappa shape index (κ1) is 11.5. The van der Waals surface area contributed by atoms with Crippen LogP contribution in [0.1, 0.15) is 18.9 Å². The molecule has 2 nitrogen and oxygen atoms in total. The van der Waals surface area contributed by atoms with Crippen molar-refractivity contribution >= 4 is 5.97 Å². The molecule has 18 heavy (non-hydrogen) atoms. The number of carbonyl (C=O) groups excluding carboxylic acids is 1. The first-order valence-corrected chi connectivity index (χ1v) is 6.64. The van der Waals surface area contributed by atoms with Crippen LogP contribution in [0.25, 0.3) is 0 Å². The lowest BCUT2D eigenvalue weighted by Gasteiger charge is -2.22. The van der Waals surface area contributed by atoms with E-state index in [2.05, 4.69) is 19.1 Å². The van der Waals surface area contributed by atoms with E-state index >= 15 is 0 Å². The van der Waals surface area contributed by atoms with Gasteiger partial charge in [-0.05, 0) is 29.7 Å². The van der Waals surface area contributed by atoms with Crippen molar-refractivity contribution in [3.05, 3.63) is 48.0 Å². The molecule has 0 aliphatic heterocycles. The first-order valence-electron chi connectivity index (χ1n) is 6.64. The molecule has 0 heterocycles. The van der Waals surface area contributed by atoms with Gasteiger partial charge >= 0.3 is 5.97 Å².